The highest BCUT2D eigenvalue weighted by Gasteiger charge is 2.83. The van der Waals surface area contributed by atoms with Crippen molar-refractivity contribution in [3.8, 4) is 0 Å². The van der Waals surface area contributed by atoms with Crippen LogP contribution in [-0.4, -0.2) is 40.1 Å². The Balaban J connectivity index is 1.42. The number of ketones is 1. The fourth-order valence-electron chi connectivity index (χ4n) is 8.28. The Bertz CT molecular complexity index is 1130. The first-order valence-electron chi connectivity index (χ1n) is 11.7. The number of fused-ring (bicyclic) bond motifs is 3. The minimum Gasteiger partial charge on any atom is -0.478 e. The molecule has 2 unspecified atom stereocenters. The lowest BCUT2D eigenvalue weighted by molar-refractivity contribution is -0.185. The van der Waals surface area contributed by atoms with E-state index in [0.717, 1.165) is 18.4 Å². The van der Waals surface area contributed by atoms with E-state index in [4.69, 9.17) is 13.9 Å². The van der Waals surface area contributed by atoms with Crippen LogP contribution < -0.4 is 0 Å². The van der Waals surface area contributed by atoms with Crippen LogP contribution in [0.1, 0.15) is 57.0 Å². The molecule has 1 aliphatic heterocycles. The van der Waals surface area contributed by atoms with E-state index in [1.165, 1.54) is 12.3 Å². The maximum atomic E-state index is 12.9. The summed E-state index contributed by atoms with van der Waals surface area (Å²) in [6.07, 6.45) is 9.33. The van der Waals surface area contributed by atoms with Crippen LogP contribution in [0.15, 0.2) is 46.6 Å². The average molecular weight is 453 g/mol. The van der Waals surface area contributed by atoms with Crippen molar-refractivity contribution in [1.29, 1.82) is 0 Å². The standard InChI is InChI=1S/C26H28O7/c1-14-11-18-17-7-6-15-12-16(27)8-9-23(15,2)26(17)20(32-26)13-24(18,3)25(14,22(29)30)33-21(28)19-5-4-10-31-19/h4-5,8-10,12,14,17-18,20H,6-7,11,13H2,1-3H3,(H,29,30)/t14-,17+,18+,20?,23+,24+,25+,26?/m1/s1. The zero-order chi connectivity index (χ0) is 23.4. The van der Waals surface area contributed by atoms with Crippen LogP contribution in [-0.2, 0) is 19.1 Å². The molecular weight excluding hydrogens is 424 g/mol. The maximum absolute atomic E-state index is 12.9. The highest BCUT2D eigenvalue weighted by molar-refractivity contribution is 6.01. The number of ether oxygens (including phenoxy) is 2. The topological polar surface area (TPSA) is 106 Å². The summed E-state index contributed by atoms with van der Waals surface area (Å²) in [4.78, 5) is 37.9. The molecule has 2 heterocycles. The van der Waals surface area contributed by atoms with E-state index < -0.39 is 28.6 Å². The molecule has 0 bridgehead atoms. The molecule has 1 aromatic rings. The number of allylic oxidation sites excluding steroid dienone is 2. The Morgan fingerprint density at radius 3 is 2.73 bits per heavy atom. The SMILES string of the molecule is C[C@@H]1C[C@H]2[C@@H]3CCC4=CC(=O)C=C[C@]4(C)C34OC4C[C@]2(C)[C@@]1(OC(=O)c1ccco1)C(=O)O. The zero-order valence-electron chi connectivity index (χ0n) is 19.0. The fourth-order valence-corrected chi connectivity index (χ4v) is 8.28. The second kappa shape index (κ2) is 6.26. The second-order valence-corrected chi connectivity index (χ2v) is 10.9. The van der Waals surface area contributed by atoms with Crippen LogP contribution in [0.2, 0.25) is 0 Å². The molecule has 0 aromatic carbocycles. The van der Waals surface area contributed by atoms with Crippen molar-refractivity contribution in [2.24, 2.45) is 28.6 Å². The summed E-state index contributed by atoms with van der Waals surface area (Å²) in [6.45, 7) is 5.99. The van der Waals surface area contributed by atoms with Crippen LogP contribution in [0, 0.1) is 28.6 Å². The van der Waals surface area contributed by atoms with Gasteiger partial charge in [-0.05, 0) is 68.7 Å². The fraction of sp³-hybridized carbons (Fsp3) is 0.577. The lowest BCUT2D eigenvalue weighted by Gasteiger charge is -2.55. The summed E-state index contributed by atoms with van der Waals surface area (Å²) in [5.74, 6) is -2.09. The molecule has 7 nitrogen and oxygen atoms in total. The minimum atomic E-state index is -1.67. The molecule has 4 aliphatic carbocycles. The summed E-state index contributed by atoms with van der Waals surface area (Å²) in [5, 5.41) is 10.5. The molecule has 1 spiro atoms. The summed E-state index contributed by atoms with van der Waals surface area (Å²) in [6, 6.07) is 3.07. The van der Waals surface area contributed by atoms with Crippen molar-refractivity contribution in [3.63, 3.8) is 0 Å². The summed E-state index contributed by atoms with van der Waals surface area (Å²) < 4.78 is 17.6. The van der Waals surface area contributed by atoms with E-state index in [1.54, 1.807) is 18.2 Å². The summed E-state index contributed by atoms with van der Waals surface area (Å²) in [7, 11) is 0. The van der Waals surface area contributed by atoms with Crippen LogP contribution in [0.3, 0.4) is 0 Å². The third kappa shape index (κ3) is 2.27. The number of carboxylic acid groups (broad SMARTS) is 1. The van der Waals surface area contributed by atoms with Gasteiger partial charge in [-0.1, -0.05) is 25.5 Å². The largest absolute Gasteiger partial charge is 0.478 e. The van der Waals surface area contributed by atoms with Crippen molar-refractivity contribution < 1.29 is 33.4 Å². The molecule has 8 atom stereocenters. The van der Waals surface area contributed by atoms with E-state index >= 15 is 0 Å². The smallest absolute Gasteiger partial charge is 0.375 e. The molecular formula is C26H28O7. The molecule has 1 saturated heterocycles. The highest BCUT2D eigenvalue weighted by Crippen LogP contribution is 2.76. The van der Waals surface area contributed by atoms with Crippen LogP contribution in [0.4, 0.5) is 0 Å². The highest BCUT2D eigenvalue weighted by atomic mass is 16.6. The molecule has 1 aromatic heterocycles. The molecule has 0 radical (unpaired) electrons. The number of hydrogen-bond donors (Lipinski definition) is 1. The summed E-state index contributed by atoms with van der Waals surface area (Å²) in [5.41, 5.74) is -2.16. The van der Waals surface area contributed by atoms with Gasteiger partial charge in [0.25, 0.3) is 0 Å². The number of aliphatic carboxylic acids is 1. The van der Waals surface area contributed by atoms with Crippen molar-refractivity contribution >= 4 is 17.7 Å². The lowest BCUT2D eigenvalue weighted by Crippen LogP contribution is -2.63. The number of furan rings is 1. The third-order valence-corrected chi connectivity index (χ3v) is 9.77. The normalized spacial score (nSPS) is 47.0. The molecule has 7 heteroatoms. The van der Waals surface area contributed by atoms with Gasteiger partial charge in [0.05, 0.1) is 12.4 Å². The first kappa shape index (κ1) is 20.9. The number of epoxide rings is 1. The van der Waals surface area contributed by atoms with Gasteiger partial charge in [-0.3, -0.25) is 4.79 Å². The zero-order valence-corrected chi connectivity index (χ0v) is 19.0. The molecule has 5 aliphatic rings. The monoisotopic (exact) mass is 452 g/mol. The Hall–Kier alpha value is -2.67. The predicted octanol–water partition coefficient (Wildman–Crippen LogP) is 3.95. The van der Waals surface area contributed by atoms with Crippen LogP contribution in [0.25, 0.3) is 0 Å². The Morgan fingerprint density at radius 1 is 1.24 bits per heavy atom. The van der Waals surface area contributed by atoms with E-state index in [1.807, 2.05) is 19.9 Å². The van der Waals surface area contributed by atoms with Crippen molar-refractivity contribution in [2.45, 2.75) is 63.8 Å². The van der Waals surface area contributed by atoms with Crippen LogP contribution >= 0.6 is 0 Å². The van der Waals surface area contributed by atoms with Crippen molar-refractivity contribution in [2.75, 3.05) is 0 Å². The molecule has 174 valence electrons. The number of carboxylic acids is 1. The first-order chi connectivity index (χ1) is 15.6. The lowest BCUT2D eigenvalue weighted by atomic mass is 9.47. The maximum Gasteiger partial charge on any atom is 0.375 e. The number of rotatable bonds is 3. The third-order valence-electron chi connectivity index (χ3n) is 9.77. The average Bonchev–Trinajstić information content (AvgIpc) is 3.14. The molecule has 3 saturated carbocycles. The van der Waals surface area contributed by atoms with Gasteiger partial charge in [0.1, 0.15) is 5.60 Å². The Kier molecular flexibility index (Phi) is 3.96. The second-order valence-electron chi connectivity index (χ2n) is 10.9. The van der Waals surface area contributed by atoms with Crippen molar-refractivity contribution in [1.82, 2.24) is 0 Å². The first-order valence-corrected chi connectivity index (χ1v) is 11.7. The molecule has 33 heavy (non-hydrogen) atoms. The van der Waals surface area contributed by atoms with Gasteiger partial charge < -0.3 is 19.0 Å². The number of carbonyl (C=O) groups is 3. The number of hydrogen-bond acceptors (Lipinski definition) is 6. The van der Waals surface area contributed by atoms with E-state index in [9.17, 15) is 19.5 Å². The summed E-state index contributed by atoms with van der Waals surface area (Å²) >= 11 is 0. The molecule has 1 N–H and O–H groups in total. The van der Waals surface area contributed by atoms with Gasteiger partial charge in [0.2, 0.25) is 11.4 Å². The Labute approximate surface area is 191 Å². The van der Waals surface area contributed by atoms with E-state index in [-0.39, 0.29) is 40.8 Å². The Morgan fingerprint density at radius 2 is 2.03 bits per heavy atom. The van der Waals surface area contributed by atoms with E-state index in [0.29, 0.717) is 12.8 Å². The predicted molar refractivity (Wildman–Crippen MR) is 115 cm³/mol. The van der Waals surface area contributed by atoms with Gasteiger partial charge in [-0.2, -0.15) is 0 Å². The molecule has 4 fully saturated rings. The quantitative estimate of drug-likeness (QED) is 0.547. The molecule has 0 amide bonds. The number of esters is 1. The number of carbonyl (C=O) groups excluding carboxylic acids is 2. The van der Waals surface area contributed by atoms with Crippen molar-refractivity contribution in [3.05, 3.63) is 48.0 Å². The van der Waals surface area contributed by atoms with Crippen LogP contribution in [0.5, 0.6) is 0 Å². The van der Waals surface area contributed by atoms with Gasteiger partial charge in [-0.25, -0.2) is 9.59 Å². The van der Waals surface area contributed by atoms with E-state index in [2.05, 4.69) is 6.92 Å². The van der Waals surface area contributed by atoms with Gasteiger partial charge in [-0.15, -0.1) is 0 Å². The van der Waals surface area contributed by atoms with Gasteiger partial charge in [0.15, 0.2) is 5.78 Å². The van der Waals surface area contributed by atoms with Gasteiger partial charge >= 0.3 is 11.9 Å². The molecule has 6 rings (SSSR count). The minimum absolute atomic E-state index is 0.000306. The van der Waals surface area contributed by atoms with Gasteiger partial charge in [0, 0.05) is 16.7 Å².